The summed E-state index contributed by atoms with van der Waals surface area (Å²) in [5.41, 5.74) is 3.28. The van der Waals surface area contributed by atoms with Crippen LogP contribution in [-0.4, -0.2) is 54.2 Å². The average Bonchev–Trinajstić information content (AvgIpc) is 3.06. The van der Waals surface area contributed by atoms with Crippen LogP contribution in [0.2, 0.25) is 0 Å². The van der Waals surface area contributed by atoms with Crippen molar-refractivity contribution in [3.05, 3.63) is 35.9 Å². The molecule has 1 fully saturated rings. The summed E-state index contributed by atoms with van der Waals surface area (Å²) >= 11 is 5.39. The molecule has 0 spiro atoms. The van der Waals surface area contributed by atoms with Gasteiger partial charge in [0.2, 0.25) is 5.91 Å². The highest BCUT2D eigenvalue weighted by Gasteiger charge is 2.32. The van der Waals surface area contributed by atoms with Gasteiger partial charge >= 0.3 is 6.09 Å². The summed E-state index contributed by atoms with van der Waals surface area (Å²) in [7, 11) is 0. The number of carbonyl (C=O) groups excluding carboxylic acids is 2. The van der Waals surface area contributed by atoms with E-state index < -0.39 is 0 Å². The van der Waals surface area contributed by atoms with Gasteiger partial charge in [0, 0.05) is 25.7 Å². The molecule has 1 aromatic rings. The standard InChI is InChI=1S/C20H25N3O3S/c1-3-19(27)22-10-8-16(9-11-22)15-4-6-17(7-5-15)23-13-18(26-20(23)25)12-21-14(2)24/h4-8,18H,3,9-13H2,1-2H3,(H,21,24). The van der Waals surface area contributed by atoms with E-state index in [0.717, 1.165) is 36.6 Å². The third-order valence-electron chi connectivity index (χ3n) is 4.87. The summed E-state index contributed by atoms with van der Waals surface area (Å²) in [5, 5.41) is 2.68. The van der Waals surface area contributed by atoms with Crippen LogP contribution in [0, 0.1) is 0 Å². The van der Waals surface area contributed by atoms with Crippen molar-refractivity contribution in [2.24, 2.45) is 0 Å². The first-order chi connectivity index (χ1) is 13.0. The number of amides is 2. The molecule has 1 unspecified atom stereocenters. The summed E-state index contributed by atoms with van der Waals surface area (Å²) in [6.45, 7) is 6.10. The summed E-state index contributed by atoms with van der Waals surface area (Å²) < 4.78 is 5.31. The molecule has 3 rings (SSSR count). The molecule has 0 saturated carbocycles. The minimum absolute atomic E-state index is 0.132. The number of thiocarbonyl (C=S) groups is 1. The number of anilines is 1. The molecule has 0 aliphatic carbocycles. The van der Waals surface area contributed by atoms with Crippen LogP contribution in [0.3, 0.4) is 0 Å². The number of carbonyl (C=O) groups is 2. The van der Waals surface area contributed by atoms with Crippen molar-refractivity contribution in [2.45, 2.75) is 32.8 Å². The molecule has 1 aromatic carbocycles. The van der Waals surface area contributed by atoms with Gasteiger partial charge in [-0.3, -0.25) is 9.69 Å². The molecule has 2 amide bonds. The topological polar surface area (TPSA) is 61.9 Å². The van der Waals surface area contributed by atoms with Gasteiger partial charge in [0.15, 0.2) is 0 Å². The molecule has 7 heteroatoms. The van der Waals surface area contributed by atoms with E-state index in [4.69, 9.17) is 17.0 Å². The van der Waals surface area contributed by atoms with Crippen molar-refractivity contribution in [3.8, 4) is 0 Å². The Bertz CT molecular complexity index is 760. The molecule has 2 aliphatic heterocycles. The fourth-order valence-corrected chi connectivity index (χ4v) is 3.50. The molecule has 0 aromatic heterocycles. The van der Waals surface area contributed by atoms with E-state index in [0.29, 0.717) is 13.1 Å². The molecule has 6 nitrogen and oxygen atoms in total. The quantitative estimate of drug-likeness (QED) is 0.787. The van der Waals surface area contributed by atoms with Crippen LogP contribution in [0.1, 0.15) is 32.3 Å². The largest absolute Gasteiger partial charge is 0.442 e. The molecule has 144 valence electrons. The molecular formula is C20H25N3O3S. The maximum Gasteiger partial charge on any atom is 0.414 e. The van der Waals surface area contributed by atoms with E-state index >= 15 is 0 Å². The Kier molecular flexibility index (Phi) is 6.11. The Morgan fingerprint density at radius 1 is 1.33 bits per heavy atom. The molecule has 1 atom stereocenters. The van der Waals surface area contributed by atoms with E-state index in [1.807, 2.05) is 24.3 Å². The van der Waals surface area contributed by atoms with Gasteiger partial charge < -0.3 is 15.0 Å². The fourth-order valence-electron chi connectivity index (χ4n) is 3.33. The Labute approximate surface area is 165 Å². The highest BCUT2D eigenvalue weighted by atomic mass is 32.1. The van der Waals surface area contributed by atoms with Crippen LogP contribution in [-0.2, 0) is 9.53 Å². The lowest BCUT2D eigenvalue weighted by Crippen LogP contribution is -2.33. The van der Waals surface area contributed by atoms with Gasteiger partial charge in [-0.2, -0.15) is 0 Å². The maximum absolute atomic E-state index is 12.1. The van der Waals surface area contributed by atoms with E-state index in [1.165, 1.54) is 18.1 Å². The molecule has 1 N–H and O–H groups in total. The third-order valence-corrected chi connectivity index (χ3v) is 5.41. The van der Waals surface area contributed by atoms with Crippen molar-refractivity contribution in [1.29, 1.82) is 0 Å². The number of benzene rings is 1. The summed E-state index contributed by atoms with van der Waals surface area (Å²) in [4.78, 5) is 28.0. The van der Waals surface area contributed by atoms with E-state index in [1.54, 1.807) is 4.90 Å². The Hall–Kier alpha value is -2.41. The second-order valence-electron chi connectivity index (χ2n) is 6.77. The fraction of sp³-hybridized carbons (Fsp3) is 0.450. The number of hydrogen-bond acceptors (Lipinski definition) is 4. The van der Waals surface area contributed by atoms with E-state index in [2.05, 4.69) is 23.2 Å². The molecule has 1 saturated heterocycles. The summed E-state index contributed by atoms with van der Waals surface area (Å²) in [6, 6.07) is 7.98. The van der Waals surface area contributed by atoms with Gasteiger partial charge in [-0.15, -0.1) is 0 Å². The average molecular weight is 388 g/mol. The molecule has 0 bridgehead atoms. The van der Waals surface area contributed by atoms with E-state index in [9.17, 15) is 9.59 Å². The number of rotatable bonds is 5. The van der Waals surface area contributed by atoms with Gasteiger partial charge in [0.25, 0.3) is 0 Å². The second-order valence-corrected chi connectivity index (χ2v) is 7.24. The number of nitrogens with one attached hydrogen (secondary N) is 1. The number of ether oxygens (including phenoxy) is 1. The summed E-state index contributed by atoms with van der Waals surface area (Å²) in [6.07, 6.45) is 3.40. The van der Waals surface area contributed by atoms with Crippen molar-refractivity contribution >= 4 is 40.5 Å². The van der Waals surface area contributed by atoms with Gasteiger partial charge in [-0.25, -0.2) is 4.79 Å². The van der Waals surface area contributed by atoms with Crippen LogP contribution in [0.15, 0.2) is 30.3 Å². The normalized spacial score (nSPS) is 19.6. The highest BCUT2D eigenvalue weighted by molar-refractivity contribution is 7.80. The Balaban J connectivity index is 1.62. The van der Waals surface area contributed by atoms with Gasteiger partial charge in [-0.05, 0) is 36.1 Å². The van der Waals surface area contributed by atoms with Gasteiger partial charge in [0.1, 0.15) is 6.10 Å². The Morgan fingerprint density at radius 3 is 2.67 bits per heavy atom. The third kappa shape index (κ3) is 4.66. The van der Waals surface area contributed by atoms with Crippen LogP contribution >= 0.6 is 12.2 Å². The Morgan fingerprint density at radius 2 is 2.07 bits per heavy atom. The zero-order valence-corrected chi connectivity index (χ0v) is 16.6. The molecule has 27 heavy (non-hydrogen) atoms. The molecule has 0 radical (unpaired) electrons. The van der Waals surface area contributed by atoms with Crippen molar-refractivity contribution in [3.63, 3.8) is 0 Å². The van der Waals surface area contributed by atoms with Crippen molar-refractivity contribution < 1.29 is 14.3 Å². The zero-order chi connectivity index (χ0) is 19.4. The van der Waals surface area contributed by atoms with Gasteiger partial charge in [-0.1, -0.05) is 37.4 Å². The second kappa shape index (κ2) is 8.52. The summed E-state index contributed by atoms with van der Waals surface area (Å²) in [5.74, 6) is -0.132. The minimum Gasteiger partial charge on any atom is -0.442 e. The smallest absolute Gasteiger partial charge is 0.414 e. The van der Waals surface area contributed by atoms with Crippen molar-refractivity contribution in [2.75, 3.05) is 31.1 Å². The minimum atomic E-state index is -0.376. The highest BCUT2D eigenvalue weighted by Crippen LogP contribution is 2.27. The number of nitrogens with zero attached hydrogens (tertiary/aromatic N) is 2. The first-order valence-electron chi connectivity index (χ1n) is 9.27. The predicted octanol–water partition coefficient (Wildman–Crippen LogP) is 2.97. The van der Waals surface area contributed by atoms with Crippen LogP contribution < -0.4 is 10.2 Å². The van der Waals surface area contributed by atoms with Gasteiger partial charge in [0.05, 0.1) is 18.1 Å². The van der Waals surface area contributed by atoms with Crippen molar-refractivity contribution in [1.82, 2.24) is 10.2 Å². The van der Waals surface area contributed by atoms with Crippen LogP contribution in [0.4, 0.5) is 10.5 Å². The monoisotopic (exact) mass is 387 g/mol. The number of hydrogen-bond donors (Lipinski definition) is 1. The van der Waals surface area contributed by atoms with Crippen LogP contribution in [0.5, 0.6) is 0 Å². The lowest BCUT2D eigenvalue weighted by molar-refractivity contribution is -0.119. The SMILES string of the molecule is CCC(=S)N1CC=C(c2ccc(N3CC(CNC(C)=O)OC3=O)cc2)CC1. The maximum atomic E-state index is 12.1. The molecule has 2 aliphatic rings. The predicted molar refractivity (Wildman–Crippen MR) is 110 cm³/mol. The first kappa shape index (κ1) is 19.4. The molecular weight excluding hydrogens is 362 g/mol. The zero-order valence-electron chi connectivity index (χ0n) is 15.7. The van der Waals surface area contributed by atoms with E-state index in [-0.39, 0.29) is 18.1 Å². The lowest BCUT2D eigenvalue weighted by atomic mass is 9.99. The first-order valence-corrected chi connectivity index (χ1v) is 9.68. The molecule has 2 heterocycles. The lowest BCUT2D eigenvalue weighted by Gasteiger charge is -2.28. The van der Waals surface area contributed by atoms with Crippen LogP contribution in [0.25, 0.3) is 5.57 Å². The number of cyclic esters (lactones) is 1.